The normalized spacial score (nSPS) is 36.5. The summed E-state index contributed by atoms with van der Waals surface area (Å²) in [5.74, 6) is -10.6. The molecule has 1 saturated heterocycles. The number of hydrogen-bond acceptors (Lipinski definition) is 10. The summed E-state index contributed by atoms with van der Waals surface area (Å²) in [6.45, 7) is 0. The van der Waals surface area contributed by atoms with Crippen LogP contribution in [0.4, 0.5) is 0 Å². The summed E-state index contributed by atoms with van der Waals surface area (Å²) in [5.41, 5.74) is -6.79. The Bertz CT molecular complexity index is 642. The second-order valence-corrected chi connectivity index (χ2v) is 6.51. The van der Waals surface area contributed by atoms with E-state index in [1.807, 2.05) is 0 Å². The van der Waals surface area contributed by atoms with Crippen molar-refractivity contribution in [3.63, 3.8) is 0 Å². The van der Waals surface area contributed by atoms with Gasteiger partial charge in [-0.25, -0.2) is 0 Å². The number of rotatable bonds is 9. The number of aliphatic hydroxyl groups is 5. The van der Waals surface area contributed by atoms with Gasteiger partial charge in [0.1, 0.15) is 29.8 Å². The molecule has 1 rings (SSSR count). The van der Waals surface area contributed by atoms with E-state index < -0.39 is 84.9 Å². The minimum atomic E-state index is -3.45. The van der Waals surface area contributed by atoms with Crippen LogP contribution in [0.2, 0.25) is 0 Å². The molecule has 2 unspecified atom stereocenters. The maximum atomic E-state index is 11.2. The predicted molar refractivity (Wildman–Crippen MR) is 80.7 cm³/mol. The zero-order chi connectivity index (χ0) is 22.1. The molecule has 6 atom stereocenters. The van der Waals surface area contributed by atoms with Gasteiger partial charge in [-0.15, -0.1) is 0 Å². The minimum Gasteiger partial charge on any atom is -0.481 e. The molecule has 0 amide bonds. The number of aliphatic carboxylic acids is 4. The summed E-state index contributed by atoms with van der Waals surface area (Å²) >= 11 is 0. The molecule has 1 heterocycles. The van der Waals surface area contributed by atoms with Crippen molar-refractivity contribution in [1.29, 1.82) is 0 Å². The van der Waals surface area contributed by atoms with Crippen LogP contribution in [0.3, 0.4) is 0 Å². The molecule has 0 bridgehead atoms. The molecule has 1 aliphatic rings. The first kappa shape index (κ1) is 23.7. The van der Waals surface area contributed by atoms with E-state index in [0.29, 0.717) is 0 Å². The molecule has 0 aliphatic carbocycles. The van der Waals surface area contributed by atoms with Crippen molar-refractivity contribution in [2.75, 3.05) is 0 Å². The molecule has 0 aromatic carbocycles. The van der Waals surface area contributed by atoms with Crippen LogP contribution in [0, 0.1) is 0 Å². The van der Waals surface area contributed by atoms with Crippen molar-refractivity contribution in [2.45, 2.75) is 61.0 Å². The molecule has 1 aliphatic heterocycles. The molecule has 0 aromatic heterocycles. The number of aliphatic hydroxyl groups excluding tert-OH is 2. The van der Waals surface area contributed by atoms with Crippen LogP contribution in [0.25, 0.3) is 0 Å². The summed E-state index contributed by atoms with van der Waals surface area (Å²) in [6.07, 6.45) is -13.6. The lowest BCUT2D eigenvalue weighted by Crippen LogP contribution is -2.80. The Morgan fingerprint density at radius 2 is 1.21 bits per heavy atom. The van der Waals surface area contributed by atoms with Crippen LogP contribution < -0.4 is 0 Å². The van der Waals surface area contributed by atoms with Gasteiger partial charge >= 0.3 is 23.9 Å². The molecule has 14 nitrogen and oxygen atoms in total. The highest BCUT2D eigenvalue weighted by Gasteiger charge is 2.71. The molecule has 28 heavy (non-hydrogen) atoms. The highest BCUT2D eigenvalue weighted by molar-refractivity contribution is 5.73. The van der Waals surface area contributed by atoms with Crippen LogP contribution in [0.15, 0.2) is 0 Å². The smallest absolute Gasteiger partial charge is 0.308 e. The Kier molecular flexibility index (Phi) is 6.72. The third kappa shape index (κ3) is 4.37. The van der Waals surface area contributed by atoms with Gasteiger partial charge in [-0.3, -0.25) is 19.2 Å². The second-order valence-electron chi connectivity index (χ2n) is 6.51. The summed E-state index contributed by atoms with van der Waals surface area (Å²) in [4.78, 5) is 44.2. The van der Waals surface area contributed by atoms with Gasteiger partial charge in [0, 0.05) is 0 Å². The lowest BCUT2D eigenvalue weighted by Gasteiger charge is -2.58. The topological polar surface area (TPSA) is 260 Å². The fourth-order valence-corrected chi connectivity index (χ4v) is 3.24. The van der Waals surface area contributed by atoms with Crippen LogP contribution in [0.5, 0.6) is 0 Å². The van der Waals surface area contributed by atoms with E-state index in [-0.39, 0.29) is 0 Å². The van der Waals surface area contributed by atoms with Gasteiger partial charge in [-0.05, 0) is 0 Å². The summed E-state index contributed by atoms with van der Waals surface area (Å²) in [7, 11) is 0. The third-order valence-electron chi connectivity index (χ3n) is 4.41. The van der Waals surface area contributed by atoms with Crippen molar-refractivity contribution in [2.24, 2.45) is 0 Å². The molecule has 9 N–H and O–H groups in total. The highest BCUT2D eigenvalue weighted by atomic mass is 16.7. The second kappa shape index (κ2) is 7.94. The van der Waals surface area contributed by atoms with E-state index in [1.165, 1.54) is 0 Å². The van der Waals surface area contributed by atoms with Crippen LogP contribution in [-0.4, -0.2) is 105 Å². The number of ether oxygens (including phenoxy) is 1. The number of hydrogen-bond donors (Lipinski definition) is 9. The standard InChI is InChI=1S/C14H20O14/c15-5(1-6(16)17)10-12(25,2-7(18)19)13(26,3-8(20)21)11(24)14(27,28-10)4-9(22)23/h5,10-11,15,24-27H,1-4H2,(H,16,17)(H,18,19)(H,20,21)(H,22,23)/t5?,10-,11-,12-,13-,14?/m1/s1. The molecule has 160 valence electrons. The fourth-order valence-electron chi connectivity index (χ4n) is 3.24. The Labute approximate surface area is 155 Å². The van der Waals surface area contributed by atoms with E-state index in [4.69, 9.17) is 25.2 Å². The molecule has 1 fully saturated rings. The van der Waals surface area contributed by atoms with Crippen molar-refractivity contribution < 1.29 is 69.9 Å². The van der Waals surface area contributed by atoms with Gasteiger partial charge in [0.15, 0.2) is 0 Å². The van der Waals surface area contributed by atoms with Gasteiger partial charge in [0.25, 0.3) is 0 Å². The largest absolute Gasteiger partial charge is 0.481 e. The lowest BCUT2D eigenvalue weighted by atomic mass is 9.65. The molecule has 0 aromatic rings. The van der Waals surface area contributed by atoms with Crippen LogP contribution in [-0.2, 0) is 23.9 Å². The maximum absolute atomic E-state index is 11.2. The highest BCUT2D eigenvalue weighted by Crippen LogP contribution is 2.48. The molecular weight excluding hydrogens is 392 g/mol. The van der Waals surface area contributed by atoms with Gasteiger partial charge in [-0.1, -0.05) is 0 Å². The number of carboxylic acid groups (broad SMARTS) is 4. The first-order valence-corrected chi connectivity index (χ1v) is 7.67. The van der Waals surface area contributed by atoms with E-state index in [9.17, 15) is 44.7 Å². The zero-order valence-electron chi connectivity index (χ0n) is 14.1. The summed E-state index contributed by atoms with van der Waals surface area (Å²) < 4.78 is 4.80. The lowest BCUT2D eigenvalue weighted by molar-refractivity contribution is -0.408. The molecule has 0 spiro atoms. The van der Waals surface area contributed by atoms with Crippen LogP contribution in [0.1, 0.15) is 25.7 Å². The number of carboxylic acids is 4. The van der Waals surface area contributed by atoms with E-state index in [0.717, 1.165) is 0 Å². The van der Waals surface area contributed by atoms with Gasteiger partial charge < -0.3 is 50.7 Å². The fraction of sp³-hybridized carbons (Fsp3) is 0.714. The van der Waals surface area contributed by atoms with Crippen molar-refractivity contribution in [3.05, 3.63) is 0 Å². The van der Waals surface area contributed by atoms with Gasteiger partial charge in [0.05, 0.1) is 25.4 Å². The SMILES string of the molecule is O=C(O)CC(O)[C@H]1OC(O)(CC(=O)O)[C@H](O)[C@](O)(CC(=O)O)[C@@]1(O)CC(=O)O. The van der Waals surface area contributed by atoms with E-state index in [2.05, 4.69) is 0 Å². The van der Waals surface area contributed by atoms with Crippen LogP contribution >= 0.6 is 0 Å². The summed E-state index contributed by atoms with van der Waals surface area (Å²) in [6, 6.07) is 0. The molecule has 0 saturated carbocycles. The molecular formula is C14H20O14. The van der Waals surface area contributed by atoms with Gasteiger partial charge in [-0.2, -0.15) is 0 Å². The summed E-state index contributed by atoms with van der Waals surface area (Å²) in [5, 5.41) is 87.9. The van der Waals surface area contributed by atoms with Gasteiger partial charge in [0.2, 0.25) is 5.79 Å². The zero-order valence-corrected chi connectivity index (χ0v) is 14.1. The molecule has 14 heteroatoms. The van der Waals surface area contributed by atoms with Crippen molar-refractivity contribution in [3.8, 4) is 0 Å². The number of carbonyl (C=O) groups is 4. The average Bonchev–Trinajstić information content (AvgIpc) is 2.47. The Morgan fingerprint density at radius 1 is 0.786 bits per heavy atom. The van der Waals surface area contributed by atoms with E-state index in [1.54, 1.807) is 0 Å². The maximum Gasteiger partial charge on any atom is 0.308 e. The Morgan fingerprint density at radius 3 is 1.61 bits per heavy atom. The predicted octanol–water partition coefficient (Wildman–Crippen LogP) is -3.84. The Balaban J connectivity index is 3.67. The Hall–Kier alpha value is -2.36. The monoisotopic (exact) mass is 412 g/mol. The first-order valence-electron chi connectivity index (χ1n) is 7.67. The van der Waals surface area contributed by atoms with Crippen molar-refractivity contribution >= 4 is 23.9 Å². The minimum absolute atomic E-state index is 1.23. The third-order valence-corrected chi connectivity index (χ3v) is 4.41. The van der Waals surface area contributed by atoms with Crippen molar-refractivity contribution in [1.82, 2.24) is 0 Å². The average molecular weight is 412 g/mol. The van der Waals surface area contributed by atoms with E-state index >= 15 is 0 Å². The quantitative estimate of drug-likeness (QED) is 0.176. The molecule has 0 radical (unpaired) electrons. The first-order chi connectivity index (χ1) is 12.6.